The average Bonchev–Trinajstić information content (AvgIpc) is 2.47. The van der Waals surface area contributed by atoms with E-state index in [1.807, 2.05) is 0 Å². The van der Waals surface area contributed by atoms with Gasteiger partial charge in [-0.05, 0) is 31.2 Å². The molecule has 0 atom stereocenters. The molecule has 0 fully saturated rings. The SMILES string of the molecule is CC(=O)c1cccc(S(=O)(=O)N(C)c2ccncc2)c1. The summed E-state index contributed by atoms with van der Waals surface area (Å²) in [5, 5.41) is 0. The third-order valence-electron chi connectivity index (χ3n) is 2.93. The fourth-order valence-corrected chi connectivity index (χ4v) is 2.97. The van der Waals surface area contributed by atoms with Crippen LogP contribution in [0.5, 0.6) is 0 Å². The lowest BCUT2D eigenvalue weighted by molar-refractivity contribution is 0.101. The third kappa shape index (κ3) is 2.70. The third-order valence-corrected chi connectivity index (χ3v) is 4.71. The molecule has 0 aliphatic heterocycles. The van der Waals surface area contributed by atoms with E-state index in [-0.39, 0.29) is 10.7 Å². The Bertz CT molecular complexity index is 727. The maximum atomic E-state index is 12.5. The molecule has 6 heteroatoms. The van der Waals surface area contributed by atoms with E-state index in [1.54, 1.807) is 24.3 Å². The molecule has 1 aromatic carbocycles. The molecule has 0 saturated carbocycles. The van der Waals surface area contributed by atoms with Crippen LogP contribution in [0.3, 0.4) is 0 Å². The molecule has 0 N–H and O–H groups in total. The van der Waals surface area contributed by atoms with Gasteiger partial charge in [-0.15, -0.1) is 0 Å². The predicted octanol–water partition coefficient (Wildman–Crippen LogP) is 2.11. The van der Waals surface area contributed by atoms with E-state index >= 15 is 0 Å². The van der Waals surface area contributed by atoms with E-state index in [0.29, 0.717) is 11.3 Å². The van der Waals surface area contributed by atoms with Crippen molar-refractivity contribution in [2.75, 3.05) is 11.4 Å². The van der Waals surface area contributed by atoms with Crippen LogP contribution in [-0.4, -0.2) is 26.2 Å². The molecule has 0 unspecified atom stereocenters. The minimum Gasteiger partial charge on any atom is -0.295 e. The van der Waals surface area contributed by atoms with Crippen LogP contribution in [0.25, 0.3) is 0 Å². The molecule has 20 heavy (non-hydrogen) atoms. The molecular formula is C14H14N2O3S. The minimum atomic E-state index is -3.69. The molecule has 0 bridgehead atoms. The normalized spacial score (nSPS) is 11.1. The quantitative estimate of drug-likeness (QED) is 0.809. The smallest absolute Gasteiger partial charge is 0.264 e. The summed E-state index contributed by atoms with van der Waals surface area (Å²) in [4.78, 5) is 15.3. The Labute approximate surface area is 117 Å². The van der Waals surface area contributed by atoms with Gasteiger partial charge < -0.3 is 0 Å². The van der Waals surface area contributed by atoms with Crippen LogP contribution in [0.2, 0.25) is 0 Å². The maximum absolute atomic E-state index is 12.5. The number of carbonyl (C=O) groups is 1. The minimum absolute atomic E-state index is 0.0875. The molecular weight excluding hydrogens is 276 g/mol. The first-order valence-electron chi connectivity index (χ1n) is 5.93. The molecule has 1 aromatic heterocycles. The first-order valence-corrected chi connectivity index (χ1v) is 7.37. The molecule has 0 saturated heterocycles. The first kappa shape index (κ1) is 14.2. The van der Waals surface area contributed by atoms with Gasteiger partial charge in [0.2, 0.25) is 0 Å². The summed E-state index contributed by atoms with van der Waals surface area (Å²) in [5.74, 6) is -0.173. The highest BCUT2D eigenvalue weighted by atomic mass is 32.2. The summed E-state index contributed by atoms with van der Waals surface area (Å²) in [6.07, 6.45) is 3.04. The summed E-state index contributed by atoms with van der Waals surface area (Å²) < 4.78 is 26.2. The Hall–Kier alpha value is -2.21. The van der Waals surface area contributed by atoms with Crippen molar-refractivity contribution in [2.45, 2.75) is 11.8 Å². The zero-order valence-electron chi connectivity index (χ0n) is 11.1. The number of benzene rings is 1. The lowest BCUT2D eigenvalue weighted by Crippen LogP contribution is -2.26. The van der Waals surface area contributed by atoms with Crippen LogP contribution in [0.4, 0.5) is 5.69 Å². The fourth-order valence-electron chi connectivity index (χ4n) is 1.73. The van der Waals surface area contributed by atoms with Crippen molar-refractivity contribution in [1.82, 2.24) is 4.98 Å². The highest BCUT2D eigenvalue weighted by molar-refractivity contribution is 7.92. The lowest BCUT2D eigenvalue weighted by Gasteiger charge is -2.19. The Morgan fingerprint density at radius 2 is 1.80 bits per heavy atom. The number of hydrogen-bond donors (Lipinski definition) is 0. The molecule has 1 heterocycles. The van der Waals surface area contributed by atoms with Gasteiger partial charge in [0.1, 0.15) is 0 Å². The van der Waals surface area contributed by atoms with Gasteiger partial charge in [-0.1, -0.05) is 12.1 Å². The zero-order chi connectivity index (χ0) is 14.8. The Morgan fingerprint density at radius 1 is 1.15 bits per heavy atom. The van der Waals surface area contributed by atoms with Crippen LogP contribution >= 0.6 is 0 Å². The number of ketones is 1. The van der Waals surface area contributed by atoms with Crippen LogP contribution in [-0.2, 0) is 10.0 Å². The van der Waals surface area contributed by atoms with Gasteiger partial charge in [0, 0.05) is 25.0 Å². The second-order valence-electron chi connectivity index (χ2n) is 4.26. The highest BCUT2D eigenvalue weighted by Gasteiger charge is 2.21. The average molecular weight is 290 g/mol. The van der Waals surface area contributed by atoms with Crippen molar-refractivity contribution in [3.8, 4) is 0 Å². The van der Waals surface area contributed by atoms with Crippen LogP contribution in [0.1, 0.15) is 17.3 Å². The summed E-state index contributed by atoms with van der Waals surface area (Å²) in [6.45, 7) is 1.40. The van der Waals surface area contributed by atoms with Gasteiger partial charge in [0.05, 0.1) is 10.6 Å². The van der Waals surface area contributed by atoms with Crippen molar-refractivity contribution in [1.29, 1.82) is 0 Å². The summed E-state index contributed by atoms with van der Waals surface area (Å²) in [6, 6.07) is 9.21. The Kier molecular flexibility index (Phi) is 3.85. The van der Waals surface area contributed by atoms with Crippen molar-refractivity contribution in [3.05, 3.63) is 54.4 Å². The van der Waals surface area contributed by atoms with Crippen LogP contribution in [0.15, 0.2) is 53.7 Å². The van der Waals surface area contributed by atoms with Crippen molar-refractivity contribution in [3.63, 3.8) is 0 Å². The van der Waals surface area contributed by atoms with Gasteiger partial charge in [-0.2, -0.15) is 0 Å². The molecule has 2 rings (SSSR count). The molecule has 0 amide bonds. The van der Waals surface area contributed by atoms with Gasteiger partial charge in [0.15, 0.2) is 5.78 Å². The van der Waals surface area contributed by atoms with E-state index in [1.165, 1.54) is 38.5 Å². The number of carbonyl (C=O) groups excluding carboxylic acids is 1. The number of anilines is 1. The molecule has 104 valence electrons. The van der Waals surface area contributed by atoms with Crippen LogP contribution in [0, 0.1) is 0 Å². The largest absolute Gasteiger partial charge is 0.295 e. The number of nitrogens with zero attached hydrogens (tertiary/aromatic N) is 2. The van der Waals surface area contributed by atoms with Crippen LogP contribution < -0.4 is 4.31 Å². The van der Waals surface area contributed by atoms with E-state index in [4.69, 9.17) is 0 Å². The number of Topliss-reactive ketones (excluding diaryl/α,β-unsaturated/α-hetero) is 1. The highest BCUT2D eigenvalue weighted by Crippen LogP contribution is 2.21. The number of rotatable bonds is 4. The lowest BCUT2D eigenvalue weighted by atomic mass is 10.2. The van der Waals surface area contributed by atoms with Gasteiger partial charge >= 0.3 is 0 Å². The maximum Gasteiger partial charge on any atom is 0.264 e. The molecule has 2 aromatic rings. The molecule has 0 spiro atoms. The number of hydrogen-bond acceptors (Lipinski definition) is 4. The monoisotopic (exact) mass is 290 g/mol. The van der Waals surface area contributed by atoms with E-state index < -0.39 is 10.0 Å². The van der Waals surface area contributed by atoms with E-state index in [9.17, 15) is 13.2 Å². The standard InChI is InChI=1S/C14H14N2O3S/c1-11(17)12-4-3-5-14(10-12)20(18,19)16(2)13-6-8-15-9-7-13/h3-10H,1-2H3. The summed E-state index contributed by atoms with van der Waals surface area (Å²) in [5.41, 5.74) is 0.877. The van der Waals surface area contributed by atoms with Gasteiger partial charge in [0.25, 0.3) is 10.0 Å². The first-order chi connectivity index (χ1) is 9.43. The Morgan fingerprint density at radius 3 is 2.40 bits per heavy atom. The molecule has 0 aliphatic carbocycles. The van der Waals surface area contributed by atoms with Crippen molar-refractivity contribution < 1.29 is 13.2 Å². The number of pyridine rings is 1. The van der Waals surface area contributed by atoms with Crippen molar-refractivity contribution >= 4 is 21.5 Å². The van der Waals surface area contributed by atoms with Crippen molar-refractivity contribution in [2.24, 2.45) is 0 Å². The van der Waals surface area contributed by atoms with Gasteiger partial charge in [-0.3, -0.25) is 14.1 Å². The van der Waals surface area contributed by atoms with E-state index in [2.05, 4.69) is 4.98 Å². The number of aromatic nitrogens is 1. The summed E-state index contributed by atoms with van der Waals surface area (Å²) >= 11 is 0. The van der Waals surface area contributed by atoms with E-state index in [0.717, 1.165) is 4.31 Å². The zero-order valence-corrected chi connectivity index (χ0v) is 12.0. The molecule has 0 aliphatic rings. The second kappa shape index (κ2) is 5.42. The second-order valence-corrected chi connectivity index (χ2v) is 6.23. The molecule has 5 nitrogen and oxygen atoms in total. The Balaban J connectivity index is 2.45. The molecule has 0 radical (unpaired) electrons. The fraction of sp³-hybridized carbons (Fsp3) is 0.143. The number of sulfonamides is 1. The topological polar surface area (TPSA) is 67.3 Å². The predicted molar refractivity (Wildman–Crippen MR) is 76.3 cm³/mol. The van der Waals surface area contributed by atoms with Gasteiger partial charge in [-0.25, -0.2) is 8.42 Å². The summed E-state index contributed by atoms with van der Waals surface area (Å²) in [7, 11) is -2.23.